The van der Waals surface area contributed by atoms with Crippen molar-refractivity contribution in [2.45, 2.75) is 23.6 Å². The number of nitrogens with zero attached hydrogens (tertiary/aromatic N) is 2. The Labute approximate surface area is 159 Å². The van der Waals surface area contributed by atoms with Gasteiger partial charge in [0.15, 0.2) is 0 Å². The van der Waals surface area contributed by atoms with Crippen LogP contribution in [-0.4, -0.2) is 22.3 Å². The van der Waals surface area contributed by atoms with Crippen molar-refractivity contribution < 1.29 is 4.79 Å². The summed E-state index contributed by atoms with van der Waals surface area (Å²) in [6.07, 6.45) is 3.53. The van der Waals surface area contributed by atoms with Crippen LogP contribution in [0.25, 0.3) is 0 Å². The van der Waals surface area contributed by atoms with E-state index in [1.807, 2.05) is 84.6 Å². The predicted octanol–water partition coefficient (Wildman–Crippen LogP) is 4.96. The first kappa shape index (κ1) is 18.2. The number of amides is 1. The third-order valence-corrected chi connectivity index (χ3v) is 5.39. The smallest absolute Gasteiger partial charge is 0.240 e. The molecule has 3 rings (SSSR count). The van der Waals surface area contributed by atoms with E-state index >= 15 is 0 Å². The fourth-order valence-electron chi connectivity index (χ4n) is 2.74. The monoisotopic (exact) mass is 362 g/mol. The molecule has 2 aromatic carbocycles. The third-order valence-electron chi connectivity index (χ3n) is 4.14. The number of hydrogen-bond acceptors (Lipinski definition) is 3. The van der Waals surface area contributed by atoms with Crippen molar-refractivity contribution in [1.82, 2.24) is 9.88 Å². The Balaban J connectivity index is 1.85. The van der Waals surface area contributed by atoms with E-state index in [0.29, 0.717) is 13.1 Å². The van der Waals surface area contributed by atoms with Crippen LogP contribution >= 0.6 is 11.8 Å². The predicted molar refractivity (Wildman–Crippen MR) is 107 cm³/mol. The van der Waals surface area contributed by atoms with Crippen LogP contribution in [0.5, 0.6) is 0 Å². The van der Waals surface area contributed by atoms with Gasteiger partial charge in [-0.3, -0.25) is 9.78 Å². The van der Waals surface area contributed by atoms with Gasteiger partial charge >= 0.3 is 0 Å². The van der Waals surface area contributed by atoms with Gasteiger partial charge in [0, 0.05) is 30.4 Å². The lowest BCUT2D eigenvalue weighted by molar-refractivity contribution is -0.131. The molecule has 0 aliphatic rings. The van der Waals surface area contributed by atoms with Crippen molar-refractivity contribution in [2.75, 3.05) is 6.54 Å². The number of thioether (sulfide) groups is 1. The molecule has 0 radical (unpaired) electrons. The molecule has 1 atom stereocenters. The van der Waals surface area contributed by atoms with E-state index in [9.17, 15) is 4.79 Å². The van der Waals surface area contributed by atoms with E-state index in [2.05, 4.69) is 4.98 Å². The summed E-state index contributed by atoms with van der Waals surface area (Å²) in [5.74, 6) is 0.129. The molecule has 1 amide bonds. The molecular formula is C22H22N2OS. The van der Waals surface area contributed by atoms with Crippen molar-refractivity contribution in [3.05, 3.63) is 96.3 Å². The Morgan fingerprint density at radius 1 is 0.962 bits per heavy atom. The quantitative estimate of drug-likeness (QED) is 0.557. The Hall–Kier alpha value is -2.59. The van der Waals surface area contributed by atoms with E-state index < -0.39 is 0 Å². The highest BCUT2D eigenvalue weighted by Gasteiger charge is 2.26. The second kappa shape index (κ2) is 9.20. The van der Waals surface area contributed by atoms with E-state index in [0.717, 1.165) is 16.0 Å². The number of aromatic nitrogens is 1. The first-order valence-corrected chi connectivity index (χ1v) is 9.60. The van der Waals surface area contributed by atoms with Gasteiger partial charge in [0.2, 0.25) is 5.91 Å². The number of pyridine rings is 1. The summed E-state index contributed by atoms with van der Waals surface area (Å²) in [4.78, 5) is 20.4. The van der Waals surface area contributed by atoms with Crippen molar-refractivity contribution in [2.24, 2.45) is 0 Å². The summed E-state index contributed by atoms with van der Waals surface area (Å²) >= 11 is 1.60. The molecule has 0 fully saturated rings. The van der Waals surface area contributed by atoms with Gasteiger partial charge in [0.05, 0.1) is 0 Å². The summed E-state index contributed by atoms with van der Waals surface area (Å²) < 4.78 is 0. The molecule has 0 unspecified atom stereocenters. The molecule has 0 saturated heterocycles. The Morgan fingerprint density at radius 2 is 1.58 bits per heavy atom. The maximum Gasteiger partial charge on any atom is 0.240 e. The van der Waals surface area contributed by atoms with Gasteiger partial charge in [-0.25, -0.2) is 0 Å². The topological polar surface area (TPSA) is 33.2 Å². The summed E-state index contributed by atoms with van der Waals surface area (Å²) in [5, 5.41) is -0.264. The highest BCUT2D eigenvalue weighted by molar-refractivity contribution is 8.00. The molecule has 132 valence electrons. The van der Waals surface area contributed by atoms with Gasteiger partial charge in [-0.15, -0.1) is 11.8 Å². The minimum absolute atomic E-state index is 0.129. The zero-order valence-corrected chi connectivity index (χ0v) is 15.6. The molecular weight excluding hydrogens is 340 g/mol. The van der Waals surface area contributed by atoms with E-state index in [1.165, 1.54) is 0 Å². The number of carbonyl (C=O) groups excluding carboxylic acids is 1. The molecule has 26 heavy (non-hydrogen) atoms. The Morgan fingerprint density at radius 3 is 2.19 bits per heavy atom. The van der Waals surface area contributed by atoms with Crippen LogP contribution in [0, 0.1) is 0 Å². The van der Waals surface area contributed by atoms with Gasteiger partial charge in [-0.1, -0.05) is 48.5 Å². The second-order valence-electron chi connectivity index (χ2n) is 5.93. The van der Waals surface area contributed by atoms with Gasteiger partial charge < -0.3 is 4.90 Å². The second-order valence-corrected chi connectivity index (χ2v) is 7.11. The molecule has 4 heteroatoms. The Kier molecular flexibility index (Phi) is 6.45. The Bertz CT molecular complexity index is 809. The molecule has 0 saturated carbocycles. The lowest BCUT2D eigenvalue weighted by Gasteiger charge is -2.26. The molecule has 3 nitrogen and oxygen atoms in total. The summed E-state index contributed by atoms with van der Waals surface area (Å²) in [6, 6.07) is 24.0. The summed E-state index contributed by atoms with van der Waals surface area (Å²) in [6.45, 7) is 3.28. The summed E-state index contributed by atoms with van der Waals surface area (Å²) in [7, 11) is 0. The number of hydrogen-bond donors (Lipinski definition) is 0. The normalized spacial score (nSPS) is 11.7. The number of carbonyl (C=O) groups is 1. The average Bonchev–Trinajstić information content (AvgIpc) is 2.72. The molecule has 1 heterocycles. The molecule has 0 aliphatic heterocycles. The molecule has 1 aromatic heterocycles. The highest BCUT2D eigenvalue weighted by atomic mass is 32.2. The van der Waals surface area contributed by atoms with Crippen LogP contribution in [-0.2, 0) is 11.3 Å². The third kappa shape index (κ3) is 4.73. The molecule has 0 bridgehead atoms. The van der Waals surface area contributed by atoms with Crippen LogP contribution in [0.2, 0.25) is 0 Å². The first-order valence-electron chi connectivity index (χ1n) is 8.72. The number of rotatable bonds is 7. The lowest BCUT2D eigenvalue weighted by Crippen LogP contribution is -2.33. The highest BCUT2D eigenvalue weighted by Crippen LogP contribution is 2.36. The van der Waals surface area contributed by atoms with Gasteiger partial charge in [0.25, 0.3) is 0 Å². The molecule has 0 spiro atoms. The fraction of sp³-hybridized carbons (Fsp3) is 0.182. The minimum atomic E-state index is -0.264. The van der Waals surface area contributed by atoms with Crippen LogP contribution in [0.4, 0.5) is 0 Å². The van der Waals surface area contributed by atoms with Gasteiger partial charge in [0.1, 0.15) is 5.25 Å². The van der Waals surface area contributed by atoms with Gasteiger partial charge in [-0.2, -0.15) is 0 Å². The van der Waals surface area contributed by atoms with E-state index in [1.54, 1.807) is 24.2 Å². The zero-order chi connectivity index (χ0) is 18.2. The van der Waals surface area contributed by atoms with Crippen LogP contribution < -0.4 is 0 Å². The van der Waals surface area contributed by atoms with Crippen molar-refractivity contribution in [3.63, 3.8) is 0 Å². The lowest BCUT2D eigenvalue weighted by atomic mass is 10.1. The van der Waals surface area contributed by atoms with E-state index in [-0.39, 0.29) is 11.2 Å². The number of likely N-dealkylation sites (N-methyl/N-ethyl adjacent to an activating group) is 1. The first-order chi connectivity index (χ1) is 12.8. The van der Waals surface area contributed by atoms with Crippen LogP contribution in [0.15, 0.2) is 90.1 Å². The zero-order valence-electron chi connectivity index (χ0n) is 14.8. The molecule has 0 aliphatic carbocycles. The minimum Gasteiger partial charge on any atom is -0.337 e. The van der Waals surface area contributed by atoms with Crippen LogP contribution in [0.1, 0.15) is 23.3 Å². The maximum absolute atomic E-state index is 13.4. The van der Waals surface area contributed by atoms with Crippen molar-refractivity contribution >= 4 is 17.7 Å². The van der Waals surface area contributed by atoms with E-state index in [4.69, 9.17) is 0 Å². The molecule has 3 aromatic rings. The van der Waals surface area contributed by atoms with Gasteiger partial charge in [-0.05, 0) is 42.3 Å². The van der Waals surface area contributed by atoms with Crippen LogP contribution in [0.3, 0.4) is 0 Å². The molecule has 0 N–H and O–H groups in total. The number of benzene rings is 2. The SMILES string of the molecule is CCN(Cc1ccncc1)C(=O)[C@H](Sc1ccccc1)c1ccccc1. The van der Waals surface area contributed by atoms with Crippen molar-refractivity contribution in [1.29, 1.82) is 0 Å². The largest absolute Gasteiger partial charge is 0.337 e. The van der Waals surface area contributed by atoms with Crippen molar-refractivity contribution in [3.8, 4) is 0 Å². The summed E-state index contributed by atoms with van der Waals surface area (Å²) in [5.41, 5.74) is 2.12. The standard InChI is InChI=1S/C22H22N2OS/c1-2-24(17-18-13-15-23-16-14-18)22(25)21(19-9-5-3-6-10-19)26-20-11-7-4-8-12-20/h3-16,21H,2,17H2,1H3/t21-/m1/s1. The maximum atomic E-state index is 13.4. The average molecular weight is 362 g/mol. The fourth-order valence-corrected chi connectivity index (χ4v) is 3.87.